The summed E-state index contributed by atoms with van der Waals surface area (Å²) in [6.45, 7) is 0. The summed E-state index contributed by atoms with van der Waals surface area (Å²) in [5, 5.41) is 9.55. The van der Waals surface area contributed by atoms with Crippen molar-refractivity contribution < 1.29 is 0 Å². The molecule has 0 fully saturated rings. The molecule has 0 saturated carbocycles. The van der Waals surface area contributed by atoms with Crippen molar-refractivity contribution in [2.75, 3.05) is 0 Å². The van der Waals surface area contributed by atoms with E-state index in [0.29, 0.717) is 5.82 Å². The Kier molecular flexibility index (Phi) is 6.49. The molecule has 2 aromatic heterocycles. The lowest BCUT2D eigenvalue weighted by Gasteiger charge is -2.16. The number of hydrogen-bond donors (Lipinski definition) is 0. The fourth-order valence-corrected chi connectivity index (χ4v) is 7.51. The minimum atomic E-state index is 0.697. The number of nitrogens with zero attached hydrogens (tertiary/aromatic N) is 3. The summed E-state index contributed by atoms with van der Waals surface area (Å²) in [6, 6.07) is 61.9. The van der Waals surface area contributed by atoms with Crippen molar-refractivity contribution >= 4 is 54.1 Å². The Balaban J connectivity index is 1.16. The maximum Gasteiger partial charge on any atom is 0.160 e. The first-order chi connectivity index (χ1) is 24.8. The van der Waals surface area contributed by atoms with Gasteiger partial charge in [-0.05, 0) is 50.9 Å². The number of fused-ring (bicyclic) bond motifs is 9. The van der Waals surface area contributed by atoms with Crippen LogP contribution in [0, 0.1) is 0 Å². The monoisotopic (exact) mass is 635 g/mol. The maximum absolute atomic E-state index is 5.33. The van der Waals surface area contributed by atoms with Crippen molar-refractivity contribution in [3.8, 4) is 45.0 Å². The third kappa shape index (κ3) is 4.56. The fraction of sp³-hybridized carbons (Fsp3) is 0. The summed E-state index contributed by atoms with van der Waals surface area (Å²) in [7, 11) is 0. The number of hydrogen-bond acceptors (Lipinski definition) is 3. The third-order valence-corrected chi connectivity index (χ3v) is 9.84. The molecule has 0 aliphatic rings. The largest absolute Gasteiger partial charge is 0.247 e. The highest BCUT2D eigenvalue weighted by molar-refractivity contribution is 6.33. The molecule has 2 heterocycles. The molecule has 232 valence electrons. The van der Waals surface area contributed by atoms with Gasteiger partial charge < -0.3 is 0 Å². The lowest BCUT2D eigenvalue weighted by molar-refractivity contribution is 1.23. The maximum atomic E-state index is 5.33. The van der Waals surface area contributed by atoms with Gasteiger partial charge in [-0.3, -0.25) is 0 Å². The Morgan fingerprint density at radius 1 is 0.260 bits per heavy atom. The zero-order valence-electron chi connectivity index (χ0n) is 27.1. The normalized spacial score (nSPS) is 11.6. The Morgan fingerprint density at radius 2 is 0.780 bits per heavy atom. The number of pyridine rings is 1. The molecule has 0 unspecified atom stereocenters. The standard InChI is InChI=1S/C47H29N3/c1-2-13-30(14-3-1)33-15-12-16-34(29-33)45-40-22-9-11-24-42(40)49-47(50-45)32-27-25-31(26-28-32)46-44-38-20-7-5-18-36(38)35-17-4-6-19-37(35)43(44)39-21-8-10-23-41(39)48-46/h1-29H. The van der Waals surface area contributed by atoms with Crippen LogP contribution in [0.2, 0.25) is 0 Å². The van der Waals surface area contributed by atoms with Crippen LogP contribution in [0.25, 0.3) is 99.2 Å². The van der Waals surface area contributed by atoms with Crippen molar-refractivity contribution in [1.82, 2.24) is 15.0 Å². The van der Waals surface area contributed by atoms with Gasteiger partial charge in [-0.25, -0.2) is 15.0 Å². The summed E-state index contributed by atoms with van der Waals surface area (Å²) in [4.78, 5) is 15.6. The van der Waals surface area contributed by atoms with E-state index in [0.717, 1.165) is 50.1 Å². The fourth-order valence-electron chi connectivity index (χ4n) is 7.51. The molecule has 0 aliphatic heterocycles. The first-order valence-corrected chi connectivity index (χ1v) is 17.0. The lowest BCUT2D eigenvalue weighted by atomic mass is 9.90. The molecule has 0 N–H and O–H groups in total. The second-order valence-electron chi connectivity index (χ2n) is 12.8. The first kappa shape index (κ1) is 28.3. The second kappa shape index (κ2) is 11.5. The van der Waals surface area contributed by atoms with Crippen LogP contribution in [0.3, 0.4) is 0 Å². The van der Waals surface area contributed by atoms with Crippen LogP contribution in [0.1, 0.15) is 0 Å². The molecule has 10 rings (SSSR count). The van der Waals surface area contributed by atoms with Gasteiger partial charge in [0.25, 0.3) is 0 Å². The smallest absolute Gasteiger partial charge is 0.160 e. The van der Waals surface area contributed by atoms with Crippen LogP contribution < -0.4 is 0 Å². The molecule has 0 bridgehead atoms. The van der Waals surface area contributed by atoms with E-state index in [2.05, 4.69) is 164 Å². The van der Waals surface area contributed by atoms with Gasteiger partial charge in [-0.2, -0.15) is 0 Å². The van der Waals surface area contributed by atoms with Gasteiger partial charge in [0.05, 0.1) is 22.4 Å². The third-order valence-electron chi connectivity index (χ3n) is 9.84. The molecule has 8 aromatic carbocycles. The lowest BCUT2D eigenvalue weighted by Crippen LogP contribution is -1.96. The molecule has 10 aromatic rings. The SMILES string of the molecule is c1ccc(-c2cccc(-c3nc(-c4ccc(-c5nc6ccccc6c6c7ccccc7c7ccccc7c56)cc4)nc4ccccc34)c2)cc1. The number of benzene rings is 8. The van der Waals surface area contributed by atoms with E-state index >= 15 is 0 Å². The highest BCUT2D eigenvalue weighted by atomic mass is 14.9. The van der Waals surface area contributed by atoms with Crippen LogP contribution in [0.4, 0.5) is 0 Å². The number of para-hydroxylation sites is 2. The van der Waals surface area contributed by atoms with Gasteiger partial charge >= 0.3 is 0 Å². The quantitative estimate of drug-likeness (QED) is 0.181. The topological polar surface area (TPSA) is 38.7 Å². The van der Waals surface area contributed by atoms with Crippen molar-refractivity contribution in [2.45, 2.75) is 0 Å². The van der Waals surface area contributed by atoms with E-state index in [-0.39, 0.29) is 0 Å². The molecule has 0 aliphatic carbocycles. The average Bonchev–Trinajstić information content (AvgIpc) is 3.20. The molecule has 0 saturated heterocycles. The Hall–Kier alpha value is -6.71. The summed E-state index contributed by atoms with van der Waals surface area (Å²) in [5.74, 6) is 0.697. The van der Waals surface area contributed by atoms with Crippen molar-refractivity contribution in [2.24, 2.45) is 0 Å². The van der Waals surface area contributed by atoms with E-state index in [4.69, 9.17) is 15.0 Å². The van der Waals surface area contributed by atoms with Crippen LogP contribution >= 0.6 is 0 Å². The molecular formula is C47H29N3. The predicted molar refractivity (Wildman–Crippen MR) is 209 cm³/mol. The molecule has 0 spiro atoms. The van der Waals surface area contributed by atoms with E-state index in [1.54, 1.807) is 0 Å². The summed E-state index contributed by atoms with van der Waals surface area (Å²) < 4.78 is 0. The van der Waals surface area contributed by atoms with Gasteiger partial charge in [0.15, 0.2) is 5.82 Å². The van der Waals surface area contributed by atoms with E-state index in [9.17, 15) is 0 Å². The highest BCUT2D eigenvalue weighted by Crippen LogP contribution is 2.43. The number of aromatic nitrogens is 3. The van der Waals surface area contributed by atoms with E-state index in [1.807, 2.05) is 12.1 Å². The minimum Gasteiger partial charge on any atom is -0.247 e. The van der Waals surface area contributed by atoms with Crippen molar-refractivity contribution in [3.63, 3.8) is 0 Å². The van der Waals surface area contributed by atoms with Gasteiger partial charge in [-0.15, -0.1) is 0 Å². The van der Waals surface area contributed by atoms with Crippen molar-refractivity contribution in [3.05, 3.63) is 176 Å². The number of rotatable bonds is 4. The Morgan fingerprint density at radius 3 is 1.50 bits per heavy atom. The highest BCUT2D eigenvalue weighted by Gasteiger charge is 2.18. The molecular weight excluding hydrogens is 607 g/mol. The van der Waals surface area contributed by atoms with E-state index < -0.39 is 0 Å². The Bertz CT molecular complexity index is 2910. The zero-order chi connectivity index (χ0) is 33.0. The van der Waals surface area contributed by atoms with Gasteiger partial charge in [0, 0.05) is 38.2 Å². The van der Waals surface area contributed by atoms with Gasteiger partial charge in [0.1, 0.15) is 0 Å². The summed E-state index contributed by atoms with van der Waals surface area (Å²) >= 11 is 0. The van der Waals surface area contributed by atoms with Crippen LogP contribution in [0.15, 0.2) is 176 Å². The zero-order valence-corrected chi connectivity index (χ0v) is 27.1. The van der Waals surface area contributed by atoms with Crippen LogP contribution in [-0.4, -0.2) is 15.0 Å². The van der Waals surface area contributed by atoms with E-state index in [1.165, 1.54) is 43.3 Å². The van der Waals surface area contributed by atoms with Crippen LogP contribution in [-0.2, 0) is 0 Å². The molecule has 0 radical (unpaired) electrons. The first-order valence-electron chi connectivity index (χ1n) is 17.0. The summed E-state index contributed by atoms with van der Waals surface area (Å²) in [5.41, 5.74) is 9.22. The van der Waals surface area contributed by atoms with Gasteiger partial charge in [0.2, 0.25) is 0 Å². The molecule has 0 atom stereocenters. The second-order valence-corrected chi connectivity index (χ2v) is 12.8. The minimum absolute atomic E-state index is 0.697. The Labute approximate surface area is 289 Å². The molecule has 50 heavy (non-hydrogen) atoms. The molecule has 0 amide bonds. The predicted octanol–water partition coefficient (Wildman–Crippen LogP) is 12.3. The van der Waals surface area contributed by atoms with Crippen molar-refractivity contribution in [1.29, 1.82) is 0 Å². The molecule has 3 heteroatoms. The van der Waals surface area contributed by atoms with Gasteiger partial charge in [-0.1, -0.05) is 158 Å². The summed E-state index contributed by atoms with van der Waals surface area (Å²) in [6.07, 6.45) is 0. The average molecular weight is 636 g/mol. The molecule has 3 nitrogen and oxygen atoms in total. The van der Waals surface area contributed by atoms with Crippen LogP contribution in [0.5, 0.6) is 0 Å².